The third kappa shape index (κ3) is 3.57. The summed E-state index contributed by atoms with van der Waals surface area (Å²) in [5.41, 5.74) is 0.151. The number of hydrogen-bond donors (Lipinski definition) is 1. The van der Waals surface area contributed by atoms with Gasteiger partial charge in [-0.05, 0) is 39.0 Å². The molecule has 0 spiro atoms. The van der Waals surface area contributed by atoms with Crippen LogP contribution in [0.3, 0.4) is 0 Å². The lowest BCUT2D eigenvalue weighted by Crippen LogP contribution is -2.20. The molecule has 1 aromatic carbocycles. The summed E-state index contributed by atoms with van der Waals surface area (Å²) in [6.07, 6.45) is 1.26. The largest absolute Gasteiger partial charge is 0.321 e. The minimum absolute atomic E-state index is 0.0318. The SMILES string of the molecule is CC(C)(C)S(=O)/N=C/c1cc2cc(Cl)c(F)cc2[nH]c1=O. The Morgan fingerprint density at radius 1 is 1.33 bits per heavy atom. The van der Waals surface area contributed by atoms with Gasteiger partial charge in [0, 0.05) is 5.39 Å². The summed E-state index contributed by atoms with van der Waals surface area (Å²) in [4.78, 5) is 14.4. The first-order valence-electron chi connectivity index (χ1n) is 6.16. The molecule has 0 radical (unpaired) electrons. The van der Waals surface area contributed by atoms with Crippen LogP contribution in [0.4, 0.5) is 4.39 Å². The number of nitrogens with zero attached hydrogens (tertiary/aromatic N) is 1. The third-order valence-corrected chi connectivity index (χ3v) is 4.36. The number of halogens is 2. The van der Waals surface area contributed by atoms with Crippen molar-refractivity contribution in [3.05, 3.63) is 45.0 Å². The maximum absolute atomic E-state index is 13.3. The molecule has 4 nitrogen and oxygen atoms in total. The monoisotopic (exact) mass is 328 g/mol. The third-order valence-electron chi connectivity index (χ3n) is 2.73. The zero-order valence-corrected chi connectivity index (χ0v) is 13.3. The molecule has 1 N–H and O–H groups in total. The lowest BCUT2D eigenvalue weighted by atomic mass is 10.1. The van der Waals surface area contributed by atoms with Gasteiger partial charge in [0.1, 0.15) is 16.8 Å². The van der Waals surface area contributed by atoms with Crippen molar-refractivity contribution in [3.63, 3.8) is 0 Å². The molecule has 0 bridgehead atoms. The van der Waals surface area contributed by atoms with Crippen molar-refractivity contribution in [3.8, 4) is 0 Å². The Morgan fingerprint density at radius 2 is 2.00 bits per heavy atom. The summed E-state index contributed by atoms with van der Waals surface area (Å²) in [7, 11) is -1.46. The predicted octanol–water partition coefficient (Wildman–Crippen LogP) is 3.20. The fraction of sp³-hybridized carbons (Fsp3) is 0.286. The van der Waals surface area contributed by atoms with Gasteiger partial charge in [-0.15, -0.1) is 0 Å². The van der Waals surface area contributed by atoms with Crippen LogP contribution in [0.25, 0.3) is 10.9 Å². The molecule has 2 rings (SSSR count). The van der Waals surface area contributed by atoms with E-state index < -0.39 is 27.1 Å². The molecular formula is C14H14ClFN2O2S. The van der Waals surface area contributed by atoms with Gasteiger partial charge in [-0.3, -0.25) is 4.79 Å². The number of pyridine rings is 1. The molecule has 2 aromatic rings. The Balaban J connectivity index is 2.49. The average Bonchev–Trinajstić information content (AvgIpc) is 2.37. The highest BCUT2D eigenvalue weighted by Gasteiger charge is 2.18. The van der Waals surface area contributed by atoms with Gasteiger partial charge in [-0.1, -0.05) is 11.6 Å². The van der Waals surface area contributed by atoms with E-state index in [2.05, 4.69) is 9.38 Å². The zero-order valence-electron chi connectivity index (χ0n) is 11.7. The van der Waals surface area contributed by atoms with E-state index in [1.807, 2.05) is 0 Å². The van der Waals surface area contributed by atoms with Crippen LogP contribution in [-0.4, -0.2) is 20.2 Å². The quantitative estimate of drug-likeness (QED) is 0.860. The van der Waals surface area contributed by atoms with E-state index in [4.69, 9.17) is 11.6 Å². The van der Waals surface area contributed by atoms with Gasteiger partial charge in [-0.25, -0.2) is 8.60 Å². The van der Waals surface area contributed by atoms with E-state index in [-0.39, 0.29) is 10.6 Å². The first-order chi connectivity index (χ1) is 9.68. The minimum Gasteiger partial charge on any atom is -0.321 e. The second-order valence-corrected chi connectivity index (χ2v) is 7.84. The van der Waals surface area contributed by atoms with Crippen molar-refractivity contribution in [2.45, 2.75) is 25.5 Å². The van der Waals surface area contributed by atoms with E-state index in [1.165, 1.54) is 18.3 Å². The summed E-state index contributed by atoms with van der Waals surface area (Å²) >= 11 is 5.72. The van der Waals surface area contributed by atoms with Crippen LogP contribution >= 0.6 is 11.6 Å². The lowest BCUT2D eigenvalue weighted by Gasteiger charge is -2.12. The van der Waals surface area contributed by atoms with Crippen molar-refractivity contribution in [1.29, 1.82) is 0 Å². The Morgan fingerprint density at radius 3 is 2.62 bits per heavy atom. The van der Waals surface area contributed by atoms with Gasteiger partial charge in [0.2, 0.25) is 0 Å². The first kappa shape index (κ1) is 15.9. The van der Waals surface area contributed by atoms with Crippen molar-refractivity contribution < 1.29 is 8.60 Å². The summed E-state index contributed by atoms with van der Waals surface area (Å²) < 4.78 is 28.6. The van der Waals surface area contributed by atoms with Crippen LogP contribution in [0.1, 0.15) is 26.3 Å². The van der Waals surface area contributed by atoms with E-state index in [0.717, 1.165) is 6.07 Å². The number of benzene rings is 1. The molecule has 1 atom stereocenters. The Kier molecular flexibility index (Phi) is 4.30. The second-order valence-electron chi connectivity index (χ2n) is 5.50. The van der Waals surface area contributed by atoms with E-state index in [9.17, 15) is 13.4 Å². The van der Waals surface area contributed by atoms with E-state index in [1.54, 1.807) is 20.8 Å². The molecule has 0 fully saturated rings. The van der Waals surface area contributed by atoms with Crippen LogP contribution in [0.15, 0.2) is 27.4 Å². The fourth-order valence-corrected chi connectivity index (χ4v) is 2.27. The summed E-state index contributed by atoms with van der Waals surface area (Å²) in [5, 5.41) is 0.541. The molecule has 0 saturated carbocycles. The molecule has 0 saturated heterocycles. The molecule has 1 unspecified atom stereocenters. The average molecular weight is 329 g/mol. The molecule has 1 aromatic heterocycles. The molecule has 1 heterocycles. The first-order valence-corrected chi connectivity index (χ1v) is 7.65. The maximum atomic E-state index is 13.3. The number of aromatic nitrogens is 1. The molecule has 112 valence electrons. The number of aromatic amines is 1. The van der Waals surface area contributed by atoms with Gasteiger partial charge < -0.3 is 4.98 Å². The van der Waals surface area contributed by atoms with Gasteiger partial charge in [0.25, 0.3) is 5.56 Å². The Labute approximate surface area is 128 Å². The van der Waals surface area contributed by atoms with Crippen molar-refractivity contribution in [2.24, 2.45) is 4.40 Å². The number of nitrogens with one attached hydrogen (secondary N) is 1. The molecule has 0 aliphatic rings. The predicted molar refractivity (Wildman–Crippen MR) is 85.0 cm³/mol. The van der Waals surface area contributed by atoms with Crippen LogP contribution in [0.2, 0.25) is 5.02 Å². The van der Waals surface area contributed by atoms with Crippen LogP contribution in [0, 0.1) is 5.82 Å². The molecule has 0 amide bonds. The van der Waals surface area contributed by atoms with Crippen LogP contribution in [0.5, 0.6) is 0 Å². The summed E-state index contributed by atoms with van der Waals surface area (Å²) in [6, 6.07) is 4.11. The number of rotatable bonds is 2. The fourth-order valence-electron chi connectivity index (χ4n) is 1.58. The van der Waals surface area contributed by atoms with Crippen LogP contribution < -0.4 is 5.56 Å². The lowest BCUT2D eigenvalue weighted by molar-refractivity contribution is 0.630. The zero-order chi connectivity index (χ0) is 15.8. The standard InChI is InChI=1S/C14H14ClFN2O2S/c1-14(2,3)21(20)17-7-9-4-8-5-10(15)11(16)6-12(8)18-13(9)19/h4-7H,1-3H3,(H,18,19)/b17-7+. The smallest absolute Gasteiger partial charge is 0.257 e. The van der Waals surface area contributed by atoms with E-state index in [0.29, 0.717) is 10.9 Å². The van der Waals surface area contributed by atoms with Gasteiger partial charge in [0.15, 0.2) is 0 Å². The molecule has 0 aliphatic carbocycles. The number of H-pyrrole nitrogens is 1. The summed E-state index contributed by atoms with van der Waals surface area (Å²) in [5.74, 6) is -0.602. The Hall–Kier alpha value is -1.53. The number of hydrogen-bond acceptors (Lipinski definition) is 2. The van der Waals surface area contributed by atoms with E-state index >= 15 is 0 Å². The number of fused-ring (bicyclic) bond motifs is 1. The van der Waals surface area contributed by atoms with Crippen molar-refractivity contribution in [1.82, 2.24) is 4.98 Å². The molecule has 7 heteroatoms. The maximum Gasteiger partial charge on any atom is 0.257 e. The normalized spacial score (nSPS) is 14.0. The summed E-state index contributed by atoms with van der Waals surface area (Å²) in [6.45, 7) is 5.36. The van der Waals surface area contributed by atoms with Gasteiger partial charge in [0.05, 0.1) is 27.1 Å². The Bertz CT molecular complexity index is 809. The van der Waals surface area contributed by atoms with Gasteiger partial charge >= 0.3 is 0 Å². The van der Waals surface area contributed by atoms with Crippen molar-refractivity contribution in [2.75, 3.05) is 0 Å². The highest BCUT2D eigenvalue weighted by Crippen LogP contribution is 2.21. The molecule has 21 heavy (non-hydrogen) atoms. The van der Waals surface area contributed by atoms with Gasteiger partial charge in [-0.2, -0.15) is 4.40 Å². The molecular weight excluding hydrogens is 315 g/mol. The second kappa shape index (κ2) is 5.69. The highest BCUT2D eigenvalue weighted by molar-refractivity contribution is 7.85. The minimum atomic E-state index is -1.46. The molecule has 0 aliphatic heterocycles. The van der Waals surface area contributed by atoms with Crippen molar-refractivity contribution >= 4 is 39.7 Å². The topological polar surface area (TPSA) is 62.3 Å². The van der Waals surface area contributed by atoms with Crippen LogP contribution in [-0.2, 0) is 11.0 Å². The highest BCUT2D eigenvalue weighted by atomic mass is 35.5.